The molecule has 30 heavy (non-hydrogen) atoms. The van der Waals surface area contributed by atoms with E-state index < -0.39 is 0 Å². The first kappa shape index (κ1) is 19.1. The Bertz CT molecular complexity index is 995. The minimum atomic E-state index is -0.305. The predicted octanol–water partition coefficient (Wildman–Crippen LogP) is 6.56. The molecule has 148 valence electrons. The second kappa shape index (κ2) is 8.10. The summed E-state index contributed by atoms with van der Waals surface area (Å²) >= 11 is 6.09. The summed E-state index contributed by atoms with van der Waals surface area (Å²) in [4.78, 5) is 2.64. The highest BCUT2D eigenvalue weighted by Crippen LogP contribution is 2.48. The number of nitrogens with zero attached hydrogens (tertiary/aromatic N) is 1. The number of hydrogen-bond acceptors (Lipinski definition) is 1. The van der Waals surface area contributed by atoms with Gasteiger partial charge in [-0.25, -0.2) is 0 Å². The van der Waals surface area contributed by atoms with Crippen molar-refractivity contribution in [1.29, 1.82) is 0 Å². The molecule has 0 radical (unpaired) electrons. The van der Waals surface area contributed by atoms with E-state index in [1.807, 2.05) is 12.1 Å². The highest BCUT2D eigenvalue weighted by atomic mass is 35.5. The molecule has 1 nitrogen and oxygen atoms in total. The van der Waals surface area contributed by atoms with E-state index in [0.717, 1.165) is 18.0 Å². The number of halogens is 1. The molecule has 4 aromatic carbocycles. The van der Waals surface area contributed by atoms with Crippen molar-refractivity contribution >= 4 is 11.6 Å². The average molecular weight is 410 g/mol. The Balaban J connectivity index is 1.62. The lowest BCUT2D eigenvalue weighted by Crippen LogP contribution is -2.39. The molecule has 0 bridgehead atoms. The Morgan fingerprint density at radius 3 is 1.50 bits per heavy atom. The van der Waals surface area contributed by atoms with E-state index in [-0.39, 0.29) is 5.54 Å². The highest BCUT2D eigenvalue weighted by molar-refractivity contribution is 6.30. The normalized spacial score (nSPS) is 18.2. The summed E-state index contributed by atoms with van der Waals surface area (Å²) in [5, 5.41) is 0.790. The zero-order valence-corrected chi connectivity index (χ0v) is 17.5. The Morgan fingerprint density at radius 1 is 0.633 bits per heavy atom. The molecule has 0 aliphatic carbocycles. The van der Waals surface area contributed by atoms with Gasteiger partial charge in [0.2, 0.25) is 0 Å². The fraction of sp³-hybridized carbons (Fsp3) is 0.143. The van der Waals surface area contributed by atoms with Crippen LogP contribution in [-0.2, 0) is 12.0 Å². The minimum absolute atomic E-state index is 0.305. The van der Waals surface area contributed by atoms with Gasteiger partial charge in [-0.05, 0) is 40.8 Å². The van der Waals surface area contributed by atoms with Crippen LogP contribution in [0.25, 0.3) is 0 Å². The molecule has 1 aliphatic heterocycles. The maximum atomic E-state index is 6.09. The fourth-order valence-electron chi connectivity index (χ4n) is 4.69. The van der Waals surface area contributed by atoms with Crippen LogP contribution < -0.4 is 0 Å². The maximum absolute atomic E-state index is 6.09. The zero-order valence-electron chi connectivity index (χ0n) is 16.8. The van der Waals surface area contributed by atoms with Gasteiger partial charge in [-0.3, -0.25) is 4.90 Å². The smallest absolute Gasteiger partial charge is 0.0976 e. The first-order valence-electron chi connectivity index (χ1n) is 10.5. The molecule has 2 heteroatoms. The van der Waals surface area contributed by atoms with E-state index in [4.69, 9.17) is 11.6 Å². The summed E-state index contributed by atoms with van der Waals surface area (Å²) in [6, 6.07) is 41.5. The lowest BCUT2D eigenvalue weighted by atomic mass is 9.76. The minimum Gasteiger partial charge on any atom is -0.280 e. The Kier molecular flexibility index (Phi) is 5.16. The summed E-state index contributed by atoms with van der Waals surface area (Å²) in [7, 11) is 0. The van der Waals surface area contributed by atoms with Crippen LogP contribution in [0, 0.1) is 0 Å². The topological polar surface area (TPSA) is 3.01 Å². The molecule has 5 rings (SSSR count). The third-order valence-electron chi connectivity index (χ3n) is 6.10. The third-order valence-corrected chi connectivity index (χ3v) is 6.36. The van der Waals surface area contributed by atoms with Crippen LogP contribution in [-0.4, -0.2) is 17.5 Å². The summed E-state index contributed by atoms with van der Waals surface area (Å²) in [5.41, 5.74) is 4.94. The van der Waals surface area contributed by atoms with Crippen LogP contribution in [0.5, 0.6) is 0 Å². The third kappa shape index (κ3) is 3.45. The maximum Gasteiger partial charge on any atom is 0.0976 e. The van der Waals surface area contributed by atoms with Crippen molar-refractivity contribution in [1.82, 2.24) is 4.90 Å². The van der Waals surface area contributed by atoms with E-state index in [0.29, 0.717) is 6.04 Å². The summed E-state index contributed by atoms with van der Waals surface area (Å²) in [5.74, 6) is 0. The van der Waals surface area contributed by atoms with Gasteiger partial charge in [0, 0.05) is 17.6 Å². The van der Waals surface area contributed by atoms with Crippen LogP contribution >= 0.6 is 11.6 Å². The van der Waals surface area contributed by atoms with E-state index in [2.05, 4.69) is 108 Å². The summed E-state index contributed by atoms with van der Waals surface area (Å²) in [6.07, 6.45) is 1.02. The monoisotopic (exact) mass is 409 g/mol. The molecule has 1 saturated heterocycles. The Hall–Kier alpha value is -2.87. The van der Waals surface area contributed by atoms with Crippen molar-refractivity contribution in [2.24, 2.45) is 0 Å². The molecule has 0 amide bonds. The molecule has 0 aromatic heterocycles. The van der Waals surface area contributed by atoms with Crippen LogP contribution in [0.2, 0.25) is 5.02 Å². The number of hydrogen-bond donors (Lipinski definition) is 0. The molecule has 1 heterocycles. The molecule has 2 atom stereocenters. The predicted molar refractivity (Wildman–Crippen MR) is 125 cm³/mol. The second-order valence-electron chi connectivity index (χ2n) is 7.95. The lowest BCUT2D eigenvalue weighted by molar-refractivity contribution is 0.320. The first-order chi connectivity index (χ1) is 14.8. The Labute approximate surface area is 183 Å². The molecule has 0 N–H and O–H groups in total. The molecular formula is C28H24ClN. The molecule has 1 fully saturated rings. The van der Waals surface area contributed by atoms with Crippen LogP contribution in [0.1, 0.15) is 22.3 Å². The zero-order chi connectivity index (χ0) is 20.4. The first-order valence-corrected chi connectivity index (χ1v) is 10.8. The Morgan fingerprint density at radius 2 is 1.07 bits per heavy atom. The average Bonchev–Trinajstić information content (AvgIpc) is 3.57. The highest BCUT2D eigenvalue weighted by Gasteiger charge is 2.52. The van der Waals surface area contributed by atoms with Crippen LogP contribution in [0.3, 0.4) is 0 Å². The molecule has 1 unspecified atom stereocenters. The van der Waals surface area contributed by atoms with E-state index in [1.165, 1.54) is 22.3 Å². The van der Waals surface area contributed by atoms with Crippen LogP contribution in [0.15, 0.2) is 115 Å². The lowest BCUT2D eigenvalue weighted by Gasteiger charge is -2.38. The summed E-state index contributed by atoms with van der Waals surface area (Å²) < 4.78 is 0. The number of rotatable bonds is 6. The van der Waals surface area contributed by atoms with Gasteiger partial charge < -0.3 is 0 Å². The van der Waals surface area contributed by atoms with Gasteiger partial charge in [0.1, 0.15) is 0 Å². The SMILES string of the molecule is Clc1ccc(C[C@@H]2CN2C(c2ccccc2)(c2ccccc2)c2ccccc2)cc1. The van der Waals surface area contributed by atoms with E-state index in [1.54, 1.807) is 0 Å². The van der Waals surface area contributed by atoms with Gasteiger partial charge in [-0.2, -0.15) is 0 Å². The van der Waals surface area contributed by atoms with Crippen molar-refractivity contribution in [3.8, 4) is 0 Å². The quantitative estimate of drug-likeness (QED) is 0.257. The standard InChI is InChI=1S/C28H24ClN/c29-26-18-16-22(17-19-26)20-27-21-30(27)28(23-10-4-1-5-11-23,24-12-6-2-7-13-24)25-14-8-3-9-15-25/h1-19,27H,20-21H2/t27-,30?/m1/s1. The molecule has 1 aliphatic rings. The van der Waals surface area contributed by atoms with Gasteiger partial charge in [0.05, 0.1) is 5.54 Å². The van der Waals surface area contributed by atoms with Crippen LogP contribution in [0.4, 0.5) is 0 Å². The van der Waals surface area contributed by atoms with Crippen molar-refractivity contribution < 1.29 is 0 Å². The van der Waals surface area contributed by atoms with Gasteiger partial charge in [0.25, 0.3) is 0 Å². The molecular weight excluding hydrogens is 386 g/mol. The van der Waals surface area contributed by atoms with Gasteiger partial charge in [0.15, 0.2) is 0 Å². The van der Waals surface area contributed by atoms with Gasteiger partial charge >= 0.3 is 0 Å². The van der Waals surface area contributed by atoms with Crippen molar-refractivity contribution in [3.05, 3.63) is 143 Å². The van der Waals surface area contributed by atoms with Crippen molar-refractivity contribution in [2.75, 3.05) is 6.54 Å². The molecule has 0 spiro atoms. The molecule has 4 aromatic rings. The van der Waals surface area contributed by atoms with E-state index in [9.17, 15) is 0 Å². The van der Waals surface area contributed by atoms with Gasteiger partial charge in [-0.1, -0.05) is 115 Å². The molecule has 0 saturated carbocycles. The van der Waals surface area contributed by atoms with Crippen molar-refractivity contribution in [2.45, 2.75) is 18.0 Å². The van der Waals surface area contributed by atoms with Crippen molar-refractivity contribution in [3.63, 3.8) is 0 Å². The second-order valence-corrected chi connectivity index (χ2v) is 8.38. The van der Waals surface area contributed by atoms with E-state index >= 15 is 0 Å². The fourth-order valence-corrected chi connectivity index (χ4v) is 4.82. The number of benzene rings is 4. The summed E-state index contributed by atoms with van der Waals surface area (Å²) in [6.45, 7) is 1.06. The van der Waals surface area contributed by atoms with Gasteiger partial charge in [-0.15, -0.1) is 0 Å². The largest absolute Gasteiger partial charge is 0.280 e.